The zero-order valence-corrected chi connectivity index (χ0v) is 16.9. The van der Waals surface area contributed by atoms with Gasteiger partial charge in [0.2, 0.25) is 0 Å². The number of aromatic nitrogens is 2. The lowest BCUT2D eigenvalue weighted by atomic mass is 10.0. The molecular formula is C23H27FN4O. The molecule has 0 unspecified atom stereocenters. The van der Waals surface area contributed by atoms with Crippen molar-refractivity contribution >= 4 is 5.69 Å². The van der Waals surface area contributed by atoms with Crippen LogP contribution < -0.4 is 4.90 Å². The molecule has 1 aliphatic rings. The van der Waals surface area contributed by atoms with Gasteiger partial charge in [-0.25, -0.2) is 9.37 Å². The molecule has 6 heteroatoms. The smallest absolute Gasteiger partial charge is 0.146 e. The predicted octanol–water partition coefficient (Wildman–Crippen LogP) is 3.27. The second kappa shape index (κ2) is 8.35. The normalized spacial score (nSPS) is 16.2. The first-order chi connectivity index (χ1) is 14.0. The first kappa shape index (κ1) is 19.6. The molecule has 152 valence electrons. The lowest BCUT2D eigenvalue weighted by Crippen LogP contribution is -2.46. The first-order valence-corrected chi connectivity index (χ1v) is 10.00. The topological polar surface area (TPSA) is 44.5 Å². The van der Waals surface area contributed by atoms with Crippen LogP contribution in [0.2, 0.25) is 0 Å². The number of halogens is 1. The maximum atomic E-state index is 14.8. The number of para-hydroxylation sites is 1. The number of aryl methyl sites for hydroxylation is 2. The molecule has 0 aliphatic carbocycles. The van der Waals surface area contributed by atoms with E-state index in [0.717, 1.165) is 19.6 Å². The number of hydrogen-bond acceptors (Lipinski definition) is 4. The average Bonchev–Trinajstić information content (AvgIpc) is 3.16. The van der Waals surface area contributed by atoms with Crippen molar-refractivity contribution in [1.82, 2.24) is 14.5 Å². The van der Waals surface area contributed by atoms with Crippen molar-refractivity contribution < 1.29 is 9.50 Å². The van der Waals surface area contributed by atoms with Gasteiger partial charge in [-0.1, -0.05) is 36.4 Å². The Balaban J connectivity index is 1.51. The summed E-state index contributed by atoms with van der Waals surface area (Å²) in [6.45, 7) is 6.16. The summed E-state index contributed by atoms with van der Waals surface area (Å²) in [6.07, 6.45) is 2.45. The number of benzene rings is 2. The van der Waals surface area contributed by atoms with E-state index in [1.54, 1.807) is 29.1 Å². The number of nitrogens with zero attached hydrogens (tertiary/aromatic N) is 4. The molecule has 0 amide bonds. The van der Waals surface area contributed by atoms with Crippen molar-refractivity contribution in [3.63, 3.8) is 0 Å². The van der Waals surface area contributed by atoms with Gasteiger partial charge in [-0.3, -0.25) is 4.90 Å². The summed E-state index contributed by atoms with van der Waals surface area (Å²) in [5.41, 5.74) is 3.67. The van der Waals surface area contributed by atoms with Gasteiger partial charge in [0.1, 0.15) is 17.7 Å². The molecule has 2 heterocycles. The molecule has 0 spiro atoms. The molecule has 3 aromatic rings. The molecule has 0 bridgehead atoms. The highest BCUT2D eigenvalue weighted by atomic mass is 19.1. The van der Waals surface area contributed by atoms with Crippen molar-refractivity contribution in [2.75, 3.05) is 31.1 Å². The van der Waals surface area contributed by atoms with Crippen LogP contribution in [0.5, 0.6) is 0 Å². The molecule has 1 saturated heterocycles. The van der Waals surface area contributed by atoms with Gasteiger partial charge in [-0.2, -0.15) is 0 Å². The fourth-order valence-corrected chi connectivity index (χ4v) is 4.02. The van der Waals surface area contributed by atoms with Crippen LogP contribution in [0.3, 0.4) is 0 Å². The molecule has 2 aromatic carbocycles. The molecule has 5 nitrogen and oxygen atoms in total. The zero-order chi connectivity index (χ0) is 20.4. The highest BCUT2D eigenvalue weighted by molar-refractivity contribution is 5.57. The fraction of sp³-hybridized carbons (Fsp3) is 0.348. The third-order valence-corrected chi connectivity index (χ3v) is 5.76. The summed E-state index contributed by atoms with van der Waals surface area (Å²) < 4.78 is 16.6. The lowest BCUT2D eigenvalue weighted by Gasteiger charge is -2.37. The Bertz CT molecular complexity index is 979. The molecule has 1 aliphatic heterocycles. The Morgan fingerprint density at radius 2 is 1.83 bits per heavy atom. The quantitative estimate of drug-likeness (QED) is 0.721. The van der Waals surface area contributed by atoms with Gasteiger partial charge < -0.3 is 14.6 Å². The lowest BCUT2D eigenvalue weighted by molar-refractivity contribution is 0.205. The van der Waals surface area contributed by atoms with Crippen LogP contribution in [0.15, 0.2) is 54.9 Å². The molecule has 1 aromatic heterocycles. The Kier molecular flexibility index (Phi) is 5.65. The largest absolute Gasteiger partial charge is 0.380 e. The summed E-state index contributed by atoms with van der Waals surface area (Å²) in [5.74, 6) is 0.207. The van der Waals surface area contributed by atoms with Crippen LogP contribution in [-0.2, 0) is 13.6 Å². The van der Waals surface area contributed by atoms with E-state index in [4.69, 9.17) is 0 Å². The number of rotatable bonds is 5. The van der Waals surface area contributed by atoms with Crippen molar-refractivity contribution in [3.8, 4) is 0 Å². The van der Waals surface area contributed by atoms with E-state index in [2.05, 4.69) is 41.1 Å². The molecular weight excluding hydrogens is 367 g/mol. The molecule has 1 atom stereocenters. The van der Waals surface area contributed by atoms with Crippen molar-refractivity contribution in [3.05, 3.63) is 83.2 Å². The van der Waals surface area contributed by atoms with Crippen LogP contribution in [0, 0.1) is 12.7 Å². The Hall–Kier alpha value is -2.70. The second-order valence-electron chi connectivity index (χ2n) is 7.67. The van der Waals surface area contributed by atoms with Crippen molar-refractivity contribution in [2.45, 2.75) is 19.6 Å². The third kappa shape index (κ3) is 4.04. The van der Waals surface area contributed by atoms with Crippen LogP contribution >= 0.6 is 0 Å². The van der Waals surface area contributed by atoms with Crippen LogP contribution in [0.1, 0.15) is 28.6 Å². The highest BCUT2D eigenvalue weighted by Crippen LogP contribution is 2.33. The highest BCUT2D eigenvalue weighted by Gasteiger charge is 2.26. The van der Waals surface area contributed by atoms with Gasteiger partial charge in [-0.15, -0.1) is 0 Å². The minimum atomic E-state index is -0.967. The monoisotopic (exact) mass is 394 g/mol. The summed E-state index contributed by atoms with van der Waals surface area (Å²) >= 11 is 0. The van der Waals surface area contributed by atoms with Gasteiger partial charge in [-0.05, 0) is 24.1 Å². The minimum Gasteiger partial charge on any atom is -0.380 e. The molecule has 4 rings (SSSR count). The van der Waals surface area contributed by atoms with Gasteiger partial charge in [0.15, 0.2) is 0 Å². The molecule has 1 fully saturated rings. The van der Waals surface area contributed by atoms with E-state index in [1.165, 1.54) is 17.2 Å². The summed E-state index contributed by atoms with van der Waals surface area (Å²) in [4.78, 5) is 8.68. The SMILES string of the molecule is Cc1ccccc1CN1CCN(c2c(F)cccc2[C@@H](O)c2nccn2C)CC1. The number of imidazole rings is 1. The van der Waals surface area contributed by atoms with E-state index in [-0.39, 0.29) is 5.82 Å². The Labute approximate surface area is 171 Å². The van der Waals surface area contributed by atoms with Gasteiger partial charge in [0, 0.05) is 57.7 Å². The maximum Gasteiger partial charge on any atom is 0.146 e. The molecule has 29 heavy (non-hydrogen) atoms. The third-order valence-electron chi connectivity index (χ3n) is 5.76. The van der Waals surface area contributed by atoms with E-state index >= 15 is 0 Å². The molecule has 0 radical (unpaired) electrons. The zero-order valence-electron chi connectivity index (χ0n) is 16.9. The average molecular weight is 394 g/mol. The Morgan fingerprint density at radius 1 is 1.07 bits per heavy atom. The van der Waals surface area contributed by atoms with Gasteiger partial charge >= 0.3 is 0 Å². The van der Waals surface area contributed by atoms with Gasteiger partial charge in [0.05, 0.1) is 5.69 Å². The van der Waals surface area contributed by atoms with Crippen LogP contribution in [0.25, 0.3) is 0 Å². The summed E-state index contributed by atoms with van der Waals surface area (Å²) in [7, 11) is 1.83. The summed E-state index contributed by atoms with van der Waals surface area (Å²) in [5, 5.41) is 10.9. The van der Waals surface area contributed by atoms with Crippen molar-refractivity contribution in [1.29, 1.82) is 0 Å². The standard InChI is InChI=1S/C23H27FN4O/c1-17-6-3-4-7-18(17)16-27-12-14-28(15-13-27)21-19(8-5-9-20(21)24)22(29)23-25-10-11-26(23)2/h3-11,22,29H,12-16H2,1-2H3/t22-/m1/s1. The van der Waals surface area contributed by atoms with E-state index in [9.17, 15) is 9.50 Å². The van der Waals surface area contributed by atoms with E-state index in [1.807, 2.05) is 11.9 Å². The van der Waals surface area contributed by atoms with E-state index in [0.29, 0.717) is 30.2 Å². The maximum absolute atomic E-state index is 14.8. The fourth-order valence-electron chi connectivity index (χ4n) is 4.02. The number of hydrogen-bond donors (Lipinski definition) is 1. The predicted molar refractivity (Wildman–Crippen MR) is 112 cm³/mol. The van der Waals surface area contributed by atoms with Crippen LogP contribution in [-0.4, -0.2) is 45.7 Å². The van der Waals surface area contributed by atoms with Crippen LogP contribution in [0.4, 0.5) is 10.1 Å². The molecule has 1 N–H and O–H groups in total. The minimum absolute atomic E-state index is 0.303. The van der Waals surface area contributed by atoms with Gasteiger partial charge in [0.25, 0.3) is 0 Å². The van der Waals surface area contributed by atoms with E-state index < -0.39 is 6.10 Å². The molecule has 0 saturated carbocycles. The number of aliphatic hydroxyl groups excluding tert-OH is 1. The second-order valence-corrected chi connectivity index (χ2v) is 7.67. The Morgan fingerprint density at radius 3 is 2.52 bits per heavy atom. The number of aliphatic hydroxyl groups is 1. The number of piperazine rings is 1. The number of anilines is 1. The van der Waals surface area contributed by atoms with Crippen molar-refractivity contribution in [2.24, 2.45) is 7.05 Å². The first-order valence-electron chi connectivity index (χ1n) is 10.00. The summed E-state index contributed by atoms with van der Waals surface area (Å²) in [6, 6.07) is 13.3.